The van der Waals surface area contributed by atoms with Gasteiger partial charge in [-0.05, 0) is 25.1 Å². The molecule has 0 bridgehead atoms. The highest BCUT2D eigenvalue weighted by atomic mass is 35.5. The van der Waals surface area contributed by atoms with E-state index in [0.717, 1.165) is 0 Å². The van der Waals surface area contributed by atoms with Gasteiger partial charge >= 0.3 is 0 Å². The molecule has 0 amide bonds. The lowest BCUT2D eigenvalue weighted by Crippen LogP contribution is -2.02. The minimum atomic E-state index is 0.287. The van der Waals surface area contributed by atoms with Crippen LogP contribution in [0.1, 0.15) is 5.76 Å². The van der Waals surface area contributed by atoms with Crippen molar-refractivity contribution in [2.24, 2.45) is 0 Å². The largest absolute Gasteiger partial charge is 0.360 e. The number of benzene rings is 1. The van der Waals surface area contributed by atoms with Crippen LogP contribution in [0.2, 0.25) is 10.0 Å². The number of aromatic nitrogens is 4. The molecule has 0 radical (unpaired) electrons. The summed E-state index contributed by atoms with van der Waals surface area (Å²) in [4.78, 5) is 4.27. The maximum absolute atomic E-state index is 6.09. The number of aryl methyl sites for hydroxylation is 1. The van der Waals surface area contributed by atoms with Gasteiger partial charge in [-0.15, -0.1) is 5.10 Å². The molecule has 0 fully saturated rings. The summed E-state index contributed by atoms with van der Waals surface area (Å²) in [5.41, 5.74) is 0.627. The molecule has 2 heterocycles. The van der Waals surface area contributed by atoms with Crippen LogP contribution in [0.15, 0.2) is 35.0 Å². The topological polar surface area (TPSA) is 88.8 Å². The molecule has 9 heteroatoms. The van der Waals surface area contributed by atoms with E-state index in [4.69, 9.17) is 27.7 Å². The lowest BCUT2D eigenvalue weighted by Gasteiger charge is -2.07. The minimum Gasteiger partial charge on any atom is -0.360 e. The van der Waals surface area contributed by atoms with Crippen LogP contribution in [-0.4, -0.2) is 20.3 Å². The summed E-state index contributed by atoms with van der Waals surface area (Å²) in [6.45, 7) is 1.80. The van der Waals surface area contributed by atoms with E-state index in [0.29, 0.717) is 33.1 Å². The molecule has 0 aliphatic carbocycles. The molecule has 0 aliphatic heterocycles. The minimum absolute atomic E-state index is 0.287. The van der Waals surface area contributed by atoms with Gasteiger partial charge in [-0.2, -0.15) is 10.1 Å². The number of nitrogens with one attached hydrogen (secondary N) is 2. The molecule has 0 aliphatic rings. The Morgan fingerprint density at radius 2 is 1.95 bits per heavy atom. The molecular weight excluding hydrogens is 327 g/mol. The van der Waals surface area contributed by atoms with Crippen LogP contribution in [-0.2, 0) is 0 Å². The lowest BCUT2D eigenvalue weighted by molar-refractivity contribution is 0.400. The third-order valence-electron chi connectivity index (χ3n) is 2.62. The third-order valence-corrected chi connectivity index (χ3v) is 3.17. The molecule has 0 saturated carbocycles. The van der Waals surface area contributed by atoms with E-state index in [9.17, 15) is 0 Å². The monoisotopic (exact) mass is 336 g/mol. The van der Waals surface area contributed by atoms with E-state index >= 15 is 0 Å². The molecule has 22 heavy (non-hydrogen) atoms. The molecule has 7 nitrogen and oxygen atoms in total. The Hall–Kier alpha value is -2.38. The first kappa shape index (κ1) is 14.6. The van der Waals surface area contributed by atoms with Crippen molar-refractivity contribution in [1.82, 2.24) is 20.3 Å². The van der Waals surface area contributed by atoms with Crippen LogP contribution < -0.4 is 10.6 Å². The van der Waals surface area contributed by atoms with Gasteiger partial charge in [-0.25, -0.2) is 0 Å². The van der Waals surface area contributed by atoms with Gasteiger partial charge in [0, 0.05) is 11.1 Å². The van der Waals surface area contributed by atoms with Crippen LogP contribution in [0.5, 0.6) is 0 Å². The quantitative estimate of drug-likeness (QED) is 0.745. The second-order valence-corrected chi connectivity index (χ2v) is 5.21. The highest BCUT2D eigenvalue weighted by molar-refractivity contribution is 6.36. The fourth-order valence-corrected chi connectivity index (χ4v) is 2.14. The second-order valence-electron chi connectivity index (χ2n) is 4.36. The summed E-state index contributed by atoms with van der Waals surface area (Å²) in [5.74, 6) is 1.98. The van der Waals surface area contributed by atoms with Crippen LogP contribution in [0, 0.1) is 6.92 Å². The summed E-state index contributed by atoms with van der Waals surface area (Å²) >= 11 is 11.9. The molecule has 2 aromatic heterocycles. The Kier molecular flexibility index (Phi) is 4.08. The van der Waals surface area contributed by atoms with Gasteiger partial charge < -0.3 is 15.2 Å². The van der Waals surface area contributed by atoms with Crippen LogP contribution in [0.25, 0.3) is 0 Å². The highest BCUT2D eigenvalue weighted by Crippen LogP contribution is 2.27. The van der Waals surface area contributed by atoms with Gasteiger partial charge in [-0.3, -0.25) is 0 Å². The zero-order valence-corrected chi connectivity index (χ0v) is 12.9. The molecule has 1 aromatic carbocycles. The predicted molar refractivity (Wildman–Crippen MR) is 84.1 cm³/mol. The van der Waals surface area contributed by atoms with Crippen molar-refractivity contribution in [3.05, 3.63) is 46.3 Å². The Morgan fingerprint density at radius 1 is 1.09 bits per heavy atom. The number of nitrogens with zero attached hydrogens (tertiary/aromatic N) is 4. The molecular formula is C13H10Cl2N6O. The first-order valence-corrected chi connectivity index (χ1v) is 6.98. The van der Waals surface area contributed by atoms with E-state index in [1.54, 1.807) is 31.2 Å². The van der Waals surface area contributed by atoms with Crippen LogP contribution in [0.3, 0.4) is 0 Å². The summed E-state index contributed by atoms with van der Waals surface area (Å²) in [5, 5.41) is 18.5. The molecule has 2 N–H and O–H groups in total. The first-order valence-electron chi connectivity index (χ1n) is 6.22. The van der Waals surface area contributed by atoms with E-state index < -0.39 is 0 Å². The molecule has 3 rings (SSSR count). The Balaban J connectivity index is 1.78. The van der Waals surface area contributed by atoms with E-state index in [1.165, 1.54) is 6.20 Å². The fraction of sp³-hybridized carbons (Fsp3) is 0.0769. The molecule has 0 spiro atoms. The van der Waals surface area contributed by atoms with Crippen LogP contribution >= 0.6 is 23.2 Å². The molecule has 0 saturated heterocycles. The summed E-state index contributed by atoms with van der Waals surface area (Å²) in [6, 6.07) is 6.81. The van der Waals surface area contributed by atoms with Gasteiger partial charge in [-0.1, -0.05) is 28.4 Å². The second kappa shape index (κ2) is 6.17. The predicted octanol–water partition coefficient (Wildman–Crippen LogP) is 3.96. The summed E-state index contributed by atoms with van der Waals surface area (Å²) < 4.78 is 4.97. The van der Waals surface area contributed by atoms with Gasteiger partial charge in [0.1, 0.15) is 5.76 Å². The summed E-state index contributed by atoms with van der Waals surface area (Å²) in [6.07, 6.45) is 1.47. The number of hydrogen-bond donors (Lipinski definition) is 2. The van der Waals surface area contributed by atoms with E-state index in [1.807, 2.05) is 0 Å². The zero-order chi connectivity index (χ0) is 15.5. The zero-order valence-electron chi connectivity index (χ0n) is 11.3. The highest BCUT2D eigenvalue weighted by Gasteiger charge is 2.07. The van der Waals surface area contributed by atoms with Crippen molar-refractivity contribution >= 4 is 46.5 Å². The SMILES string of the molecule is Cc1cc(Nc2cnnc(Nc3ccc(Cl)cc3Cl)n2)no1. The van der Waals surface area contributed by atoms with Crippen LogP contribution in [0.4, 0.5) is 23.3 Å². The lowest BCUT2D eigenvalue weighted by atomic mass is 10.3. The Morgan fingerprint density at radius 3 is 2.68 bits per heavy atom. The number of rotatable bonds is 4. The Bertz CT molecular complexity index is 807. The van der Waals surface area contributed by atoms with Gasteiger partial charge in [0.15, 0.2) is 11.6 Å². The number of anilines is 4. The fourth-order valence-electron chi connectivity index (χ4n) is 1.68. The van der Waals surface area contributed by atoms with Crippen molar-refractivity contribution in [3.63, 3.8) is 0 Å². The van der Waals surface area contributed by atoms with Gasteiger partial charge in [0.25, 0.3) is 0 Å². The Labute approximate surface area is 135 Å². The van der Waals surface area contributed by atoms with Gasteiger partial charge in [0.05, 0.1) is 16.9 Å². The maximum Gasteiger partial charge on any atom is 0.249 e. The van der Waals surface area contributed by atoms with Crippen molar-refractivity contribution in [1.29, 1.82) is 0 Å². The van der Waals surface area contributed by atoms with E-state index in [-0.39, 0.29) is 5.95 Å². The normalized spacial score (nSPS) is 10.5. The van der Waals surface area contributed by atoms with Crippen molar-refractivity contribution in [2.45, 2.75) is 6.92 Å². The van der Waals surface area contributed by atoms with E-state index in [2.05, 4.69) is 31.0 Å². The summed E-state index contributed by atoms with van der Waals surface area (Å²) in [7, 11) is 0. The average Bonchev–Trinajstić information content (AvgIpc) is 2.88. The maximum atomic E-state index is 6.09. The first-order chi connectivity index (χ1) is 10.6. The van der Waals surface area contributed by atoms with Crippen molar-refractivity contribution in [2.75, 3.05) is 10.6 Å². The van der Waals surface area contributed by atoms with Crippen molar-refractivity contribution < 1.29 is 4.52 Å². The molecule has 0 unspecified atom stereocenters. The third kappa shape index (κ3) is 3.44. The number of hydrogen-bond acceptors (Lipinski definition) is 7. The average molecular weight is 337 g/mol. The molecule has 3 aromatic rings. The van der Waals surface area contributed by atoms with Gasteiger partial charge in [0.2, 0.25) is 5.95 Å². The molecule has 0 atom stereocenters. The standard InChI is InChI=1S/C13H10Cl2N6O/c1-7-4-11(21-22-7)18-12-6-16-20-13(19-12)17-10-3-2-8(14)5-9(10)15/h2-6H,1H3,(H2,17,18,19,20,21). The number of halogens is 2. The molecule has 112 valence electrons. The van der Waals surface area contributed by atoms with Crippen molar-refractivity contribution in [3.8, 4) is 0 Å². The smallest absolute Gasteiger partial charge is 0.249 e.